The highest BCUT2D eigenvalue weighted by Crippen LogP contribution is 2.24. The Morgan fingerprint density at radius 1 is 1.41 bits per heavy atom. The van der Waals surface area contributed by atoms with E-state index in [1.54, 1.807) is 44.0 Å². The monoisotopic (exact) mass is 275 g/mol. The largest absolute Gasteiger partial charge is 0.480 e. The third kappa shape index (κ3) is 3.35. The first-order valence-corrected chi connectivity index (χ1v) is 5.89. The second-order valence-corrected chi connectivity index (χ2v) is 5.30. The highest BCUT2D eigenvalue weighted by Gasteiger charge is 2.32. The Bertz CT molecular complexity index is 433. The molecule has 1 rings (SSSR count). The van der Waals surface area contributed by atoms with Crippen LogP contribution in [0.1, 0.15) is 19.4 Å². The highest BCUT2D eigenvalue weighted by molar-refractivity contribution is 6.35. The fourth-order valence-corrected chi connectivity index (χ4v) is 1.73. The molecule has 0 spiro atoms. The van der Waals surface area contributed by atoms with Crippen LogP contribution < -0.4 is 0 Å². The molecule has 17 heavy (non-hydrogen) atoms. The van der Waals surface area contributed by atoms with Gasteiger partial charge in [0, 0.05) is 16.6 Å². The van der Waals surface area contributed by atoms with E-state index < -0.39 is 11.5 Å². The van der Waals surface area contributed by atoms with Crippen LogP contribution >= 0.6 is 23.2 Å². The molecule has 0 aliphatic heterocycles. The van der Waals surface area contributed by atoms with Gasteiger partial charge in [-0.05, 0) is 38.6 Å². The van der Waals surface area contributed by atoms with Crippen molar-refractivity contribution < 1.29 is 9.90 Å². The molecule has 0 atom stereocenters. The highest BCUT2D eigenvalue weighted by atomic mass is 35.5. The zero-order valence-electron chi connectivity index (χ0n) is 10.00. The molecule has 0 unspecified atom stereocenters. The number of benzene rings is 1. The van der Waals surface area contributed by atoms with Gasteiger partial charge in [-0.1, -0.05) is 29.3 Å². The average Bonchev–Trinajstić information content (AvgIpc) is 2.21. The maximum absolute atomic E-state index is 11.1. The summed E-state index contributed by atoms with van der Waals surface area (Å²) < 4.78 is 0. The van der Waals surface area contributed by atoms with E-state index in [1.807, 2.05) is 0 Å². The summed E-state index contributed by atoms with van der Waals surface area (Å²) in [6.45, 7) is 3.76. The average molecular weight is 276 g/mol. The van der Waals surface area contributed by atoms with Gasteiger partial charge in [-0.3, -0.25) is 9.69 Å². The van der Waals surface area contributed by atoms with E-state index in [0.29, 0.717) is 16.6 Å². The van der Waals surface area contributed by atoms with Gasteiger partial charge in [0.2, 0.25) is 0 Å². The minimum atomic E-state index is -0.942. The summed E-state index contributed by atoms with van der Waals surface area (Å²) in [6.07, 6.45) is 0. The molecule has 0 bridgehead atoms. The Morgan fingerprint density at radius 2 is 2.00 bits per heavy atom. The summed E-state index contributed by atoms with van der Waals surface area (Å²) in [5.74, 6) is -0.870. The molecule has 0 aliphatic carbocycles. The molecule has 0 amide bonds. The van der Waals surface area contributed by atoms with Gasteiger partial charge in [0.25, 0.3) is 0 Å². The van der Waals surface area contributed by atoms with Gasteiger partial charge in [0.1, 0.15) is 5.54 Å². The maximum atomic E-state index is 11.1. The first-order valence-electron chi connectivity index (χ1n) is 5.13. The van der Waals surface area contributed by atoms with Crippen molar-refractivity contribution in [2.24, 2.45) is 0 Å². The van der Waals surface area contributed by atoms with Gasteiger partial charge in [-0.25, -0.2) is 0 Å². The molecule has 0 saturated heterocycles. The topological polar surface area (TPSA) is 40.5 Å². The fraction of sp³-hybridized carbons (Fsp3) is 0.417. The zero-order chi connectivity index (χ0) is 13.2. The third-order valence-electron chi connectivity index (χ3n) is 2.90. The zero-order valence-corrected chi connectivity index (χ0v) is 11.5. The molecule has 0 heterocycles. The summed E-state index contributed by atoms with van der Waals surface area (Å²) in [5.41, 5.74) is -0.0870. The Labute approximate surface area is 111 Å². The van der Waals surface area contributed by atoms with Crippen molar-refractivity contribution in [2.45, 2.75) is 25.9 Å². The van der Waals surface area contributed by atoms with Gasteiger partial charge >= 0.3 is 5.97 Å². The predicted molar refractivity (Wildman–Crippen MR) is 69.6 cm³/mol. The quantitative estimate of drug-likeness (QED) is 0.917. The van der Waals surface area contributed by atoms with Gasteiger partial charge < -0.3 is 5.11 Å². The number of carbonyl (C=O) groups is 1. The second kappa shape index (κ2) is 5.25. The minimum Gasteiger partial charge on any atom is -0.480 e. The van der Waals surface area contributed by atoms with E-state index >= 15 is 0 Å². The smallest absolute Gasteiger partial charge is 0.323 e. The standard InChI is InChI=1S/C12H15Cl2NO2/c1-12(2,11(16)17)15(3)7-8-4-5-9(13)6-10(8)14/h4-6H,7H2,1-3H3,(H,16,17). The first kappa shape index (κ1) is 14.3. The van der Waals surface area contributed by atoms with E-state index in [-0.39, 0.29) is 0 Å². The Kier molecular flexibility index (Phi) is 4.42. The number of nitrogens with zero attached hydrogens (tertiary/aromatic N) is 1. The van der Waals surface area contributed by atoms with E-state index in [4.69, 9.17) is 28.3 Å². The van der Waals surface area contributed by atoms with Crippen molar-refractivity contribution in [1.82, 2.24) is 4.90 Å². The van der Waals surface area contributed by atoms with E-state index in [1.165, 1.54) is 0 Å². The molecule has 94 valence electrons. The van der Waals surface area contributed by atoms with Crippen LogP contribution in [0.15, 0.2) is 18.2 Å². The van der Waals surface area contributed by atoms with Crippen LogP contribution in [0.25, 0.3) is 0 Å². The van der Waals surface area contributed by atoms with Gasteiger partial charge in [-0.15, -0.1) is 0 Å². The van der Waals surface area contributed by atoms with Crippen molar-refractivity contribution in [1.29, 1.82) is 0 Å². The number of hydrogen-bond donors (Lipinski definition) is 1. The summed E-state index contributed by atoms with van der Waals surface area (Å²) in [7, 11) is 1.75. The normalized spacial score (nSPS) is 11.9. The molecular formula is C12H15Cl2NO2. The Morgan fingerprint density at radius 3 is 2.47 bits per heavy atom. The number of halogens is 2. The van der Waals surface area contributed by atoms with Crippen molar-refractivity contribution in [2.75, 3.05) is 7.05 Å². The molecular weight excluding hydrogens is 261 g/mol. The van der Waals surface area contributed by atoms with E-state index in [2.05, 4.69) is 0 Å². The number of aliphatic carboxylic acids is 1. The molecule has 5 heteroatoms. The summed E-state index contributed by atoms with van der Waals surface area (Å²) in [5, 5.41) is 10.2. The first-order chi connectivity index (χ1) is 7.75. The van der Waals surface area contributed by atoms with Crippen LogP contribution in [-0.2, 0) is 11.3 Å². The third-order valence-corrected chi connectivity index (χ3v) is 3.49. The lowest BCUT2D eigenvalue weighted by molar-refractivity contribution is -0.148. The van der Waals surface area contributed by atoms with E-state index in [0.717, 1.165) is 5.56 Å². The maximum Gasteiger partial charge on any atom is 0.323 e. The molecule has 0 saturated carbocycles. The lowest BCUT2D eigenvalue weighted by atomic mass is 10.0. The second-order valence-electron chi connectivity index (χ2n) is 4.46. The number of hydrogen-bond acceptors (Lipinski definition) is 2. The molecule has 0 aliphatic rings. The van der Waals surface area contributed by atoms with E-state index in [9.17, 15) is 4.79 Å². The molecule has 1 aromatic carbocycles. The van der Waals surface area contributed by atoms with Gasteiger partial charge in [0.05, 0.1) is 0 Å². The van der Waals surface area contributed by atoms with Crippen molar-refractivity contribution >= 4 is 29.2 Å². The van der Waals surface area contributed by atoms with Gasteiger partial charge in [-0.2, -0.15) is 0 Å². The van der Waals surface area contributed by atoms with Crippen LogP contribution in [0.3, 0.4) is 0 Å². The Hall–Kier alpha value is -0.770. The molecule has 0 fully saturated rings. The van der Waals surface area contributed by atoms with Crippen molar-refractivity contribution in [3.63, 3.8) is 0 Å². The summed E-state index contributed by atoms with van der Waals surface area (Å²) in [6, 6.07) is 5.20. The lowest BCUT2D eigenvalue weighted by Crippen LogP contribution is -2.47. The SMILES string of the molecule is CN(Cc1ccc(Cl)cc1Cl)C(C)(C)C(=O)O. The Balaban J connectivity index is 2.88. The molecule has 0 aromatic heterocycles. The van der Waals surface area contributed by atoms with Gasteiger partial charge in [0.15, 0.2) is 0 Å². The van der Waals surface area contributed by atoms with Crippen LogP contribution in [0.2, 0.25) is 10.0 Å². The fourth-order valence-electron chi connectivity index (χ4n) is 1.27. The molecule has 0 radical (unpaired) electrons. The minimum absolute atomic E-state index is 0.454. The van der Waals surface area contributed by atoms with Crippen LogP contribution in [0.5, 0.6) is 0 Å². The number of carboxylic acids is 1. The summed E-state index contributed by atoms with van der Waals surface area (Å²) >= 11 is 11.8. The molecule has 1 N–H and O–H groups in total. The van der Waals surface area contributed by atoms with Crippen LogP contribution in [0.4, 0.5) is 0 Å². The lowest BCUT2D eigenvalue weighted by Gasteiger charge is -2.31. The van der Waals surface area contributed by atoms with Crippen LogP contribution in [0, 0.1) is 0 Å². The number of likely N-dealkylation sites (N-methyl/N-ethyl adjacent to an activating group) is 1. The van der Waals surface area contributed by atoms with Crippen molar-refractivity contribution in [3.8, 4) is 0 Å². The van der Waals surface area contributed by atoms with Crippen LogP contribution in [-0.4, -0.2) is 28.6 Å². The number of rotatable bonds is 4. The molecule has 1 aromatic rings. The van der Waals surface area contributed by atoms with Crippen molar-refractivity contribution in [3.05, 3.63) is 33.8 Å². The number of carboxylic acid groups (broad SMARTS) is 1. The summed E-state index contributed by atoms with van der Waals surface area (Å²) in [4.78, 5) is 12.8. The predicted octanol–water partition coefficient (Wildman–Crippen LogP) is 3.29. The molecule has 3 nitrogen and oxygen atoms in total.